The number of ether oxygens (including phenoxy) is 2. The van der Waals surface area contributed by atoms with Crippen LogP contribution in [0.1, 0.15) is 37.1 Å². The van der Waals surface area contributed by atoms with E-state index in [1.807, 2.05) is 20.8 Å². The molecule has 1 aliphatic heterocycles. The van der Waals surface area contributed by atoms with E-state index in [0.29, 0.717) is 19.4 Å². The molecule has 0 saturated carbocycles. The number of aryl methyl sites for hydroxylation is 2. The molecule has 2 rings (SSSR count). The van der Waals surface area contributed by atoms with Crippen molar-refractivity contribution in [1.29, 1.82) is 0 Å². The van der Waals surface area contributed by atoms with Gasteiger partial charge < -0.3 is 15.2 Å². The van der Waals surface area contributed by atoms with Crippen molar-refractivity contribution in [3.05, 3.63) is 23.0 Å². The maximum Gasteiger partial charge on any atom is 0.217 e. The molecule has 0 spiro atoms. The molecule has 0 unspecified atom stereocenters. The van der Waals surface area contributed by atoms with Crippen molar-refractivity contribution in [2.24, 2.45) is 5.73 Å². The lowest BCUT2D eigenvalue weighted by Gasteiger charge is -2.34. The van der Waals surface area contributed by atoms with Gasteiger partial charge in [-0.1, -0.05) is 0 Å². The van der Waals surface area contributed by atoms with Crippen LogP contribution >= 0.6 is 0 Å². The van der Waals surface area contributed by atoms with Crippen molar-refractivity contribution in [2.75, 3.05) is 0 Å². The van der Waals surface area contributed by atoms with E-state index in [9.17, 15) is 4.79 Å². The molecule has 0 radical (unpaired) electrons. The standard InChI is InChI=1S/C13H18N2O3/c1-8-12-10(7-17-13(2,3)18-12)9(6-15-8)4-5-11(14)16/h6H,4-5,7H2,1-3H3,(H2,14,16). The number of fused-ring (bicyclic) bond motifs is 1. The zero-order valence-corrected chi connectivity index (χ0v) is 10.9. The minimum absolute atomic E-state index is 0.306. The molecule has 0 bridgehead atoms. The Morgan fingerprint density at radius 1 is 1.56 bits per heavy atom. The number of rotatable bonds is 3. The van der Waals surface area contributed by atoms with Crippen molar-refractivity contribution < 1.29 is 14.3 Å². The van der Waals surface area contributed by atoms with E-state index >= 15 is 0 Å². The average Bonchev–Trinajstić information content (AvgIpc) is 2.28. The quantitative estimate of drug-likeness (QED) is 0.881. The van der Waals surface area contributed by atoms with Gasteiger partial charge in [-0.05, 0) is 18.9 Å². The molecule has 2 N–H and O–H groups in total. The normalized spacial score (nSPS) is 16.8. The molecule has 5 nitrogen and oxygen atoms in total. The van der Waals surface area contributed by atoms with Crippen molar-refractivity contribution in [3.8, 4) is 5.75 Å². The Kier molecular flexibility index (Phi) is 3.26. The highest BCUT2D eigenvalue weighted by atomic mass is 16.7. The zero-order chi connectivity index (χ0) is 13.3. The molecule has 98 valence electrons. The van der Waals surface area contributed by atoms with Gasteiger partial charge in [0.2, 0.25) is 11.7 Å². The molecule has 0 saturated heterocycles. The fourth-order valence-corrected chi connectivity index (χ4v) is 1.96. The molecule has 2 heterocycles. The lowest BCUT2D eigenvalue weighted by Crippen LogP contribution is -2.36. The summed E-state index contributed by atoms with van der Waals surface area (Å²) in [6, 6.07) is 0. The highest BCUT2D eigenvalue weighted by Gasteiger charge is 2.30. The number of aromatic nitrogens is 1. The monoisotopic (exact) mass is 250 g/mol. The van der Waals surface area contributed by atoms with Gasteiger partial charge in [0.05, 0.1) is 12.3 Å². The fourth-order valence-electron chi connectivity index (χ4n) is 1.96. The summed E-state index contributed by atoms with van der Waals surface area (Å²) in [5.41, 5.74) is 7.94. The maximum atomic E-state index is 10.9. The van der Waals surface area contributed by atoms with E-state index in [2.05, 4.69) is 4.98 Å². The van der Waals surface area contributed by atoms with Crippen molar-refractivity contribution in [1.82, 2.24) is 4.98 Å². The third kappa shape index (κ3) is 2.61. The topological polar surface area (TPSA) is 74.4 Å². The molecule has 1 aromatic rings. The largest absolute Gasteiger partial charge is 0.461 e. The van der Waals surface area contributed by atoms with Crippen LogP contribution in [-0.2, 0) is 22.6 Å². The molecule has 1 amide bonds. The summed E-state index contributed by atoms with van der Waals surface area (Å²) >= 11 is 0. The van der Waals surface area contributed by atoms with Crippen LogP contribution in [0.15, 0.2) is 6.20 Å². The average molecular weight is 250 g/mol. The molecule has 0 aliphatic carbocycles. The molecule has 1 aliphatic rings. The van der Waals surface area contributed by atoms with E-state index in [-0.39, 0.29) is 5.91 Å². The second kappa shape index (κ2) is 4.57. The van der Waals surface area contributed by atoms with E-state index < -0.39 is 5.79 Å². The van der Waals surface area contributed by atoms with Crippen LogP contribution in [0.25, 0.3) is 0 Å². The van der Waals surface area contributed by atoms with Crippen LogP contribution in [0.4, 0.5) is 0 Å². The Labute approximate surface area is 106 Å². The first-order valence-electron chi connectivity index (χ1n) is 5.97. The highest BCUT2D eigenvalue weighted by Crippen LogP contribution is 2.35. The van der Waals surface area contributed by atoms with Crippen LogP contribution in [0.5, 0.6) is 5.75 Å². The summed E-state index contributed by atoms with van der Waals surface area (Å²) in [5, 5.41) is 0. The molecular formula is C13H18N2O3. The van der Waals surface area contributed by atoms with Crippen LogP contribution in [0, 0.1) is 6.92 Å². The summed E-state index contributed by atoms with van der Waals surface area (Å²) in [4.78, 5) is 15.2. The number of nitrogens with zero attached hydrogens (tertiary/aromatic N) is 1. The number of amides is 1. The van der Waals surface area contributed by atoms with Crippen molar-refractivity contribution in [3.63, 3.8) is 0 Å². The predicted molar refractivity (Wildman–Crippen MR) is 66.0 cm³/mol. The van der Waals surface area contributed by atoms with E-state index in [1.165, 1.54) is 0 Å². The van der Waals surface area contributed by atoms with E-state index in [0.717, 1.165) is 22.6 Å². The second-order valence-corrected chi connectivity index (χ2v) is 4.93. The third-order valence-electron chi connectivity index (χ3n) is 2.96. The maximum absolute atomic E-state index is 10.9. The Bertz CT molecular complexity index is 483. The molecule has 0 atom stereocenters. The number of hydrogen-bond acceptors (Lipinski definition) is 4. The summed E-state index contributed by atoms with van der Waals surface area (Å²) in [5.74, 6) is -0.183. The minimum Gasteiger partial charge on any atom is -0.461 e. The van der Waals surface area contributed by atoms with Crippen LogP contribution in [0.3, 0.4) is 0 Å². The summed E-state index contributed by atoms with van der Waals surface area (Å²) in [6.45, 7) is 6.11. The fraction of sp³-hybridized carbons (Fsp3) is 0.538. The lowest BCUT2D eigenvalue weighted by molar-refractivity contribution is -0.180. The van der Waals surface area contributed by atoms with Gasteiger partial charge in [-0.25, -0.2) is 0 Å². The number of primary amides is 1. The molecule has 0 aromatic carbocycles. The second-order valence-electron chi connectivity index (χ2n) is 4.93. The van der Waals surface area contributed by atoms with Gasteiger partial charge >= 0.3 is 0 Å². The zero-order valence-electron chi connectivity index (χ0n) is 10.9. The molecule has 18 heavy (non-hydrogen) atoms. The molecule has 0 fully saturated rings. The van der Waals surface area contributed by atoms with Gasteiger partial charge in [0, 0.05) is 32.0 Å². The Morgan fingerprint density at radius 3 is 2.94 bits per heavy atom. The first-order valence-corrected chi connectivity index (χ1v) is 5.97. The summed E-state index contributed by atoms with van der Waals surface area (Å²) in [6.07, 6.45) is 2.64. The molecule has 5 heteroatoms. The van der Waals surface area contributed by atoms with Gasteiger partial charge in [0.25, 0.3) is 0 Å². The first-order chi connectivity index (χ1) is 8.39. The number of carbonyl (C=O) groups is 1. The van der Waals surface area contributed by atoms with Crippen LogP contribution < -0.4 is 10.5 Å². The number of pyridine rings is 1. The SMILES string of the molecule is Cc1ncc(CCC(N)=O)c2c1OC(C)(C)OC2. The Balaban J connectivity index is 2.32. The van der Waals surface area contributed by atoms with Gasteiger partial charge in [0.15, 0.2) is 0 Å². The van der Waals surface area contributed by atoms with Crippen LogP contribution in [-0.4, -0.2) is 16.7 Å². The van der Waals surface area contributed by atoms with Crippen molar-refractivity contribution >= 4 is 5.91 Å². The molecular weight excluding hydrogens is 232 g/mol. The predicted octanol–water partition coefficient (Wildman–Crippen LogP) is 1.45. The first kappa shape index (κ1) is 12.8. The minimum atomic E-state index is -0.637. The Morgan fingerprint density at radius 2 is 2.28 bits per heavy atom. The van der Waals surface area contributed by atoms with Crippen LogP contribution in [0.2, 0.25) is 0 Å². The van der Waals surface area contributed by atoms with E-state index in [1.54, 1.807) is 6.20 Å². The van der Waals surface area contributed by atoms with Gasteiger partial charge in [-0.15, -0.1) is 0 Å². The highest BCUT2D eigenvalue weighted by molar-refractivity contribution is 5.74. The molecule has 1 aromatic heterocycles. The number of carbonyl (C=O) groups excluding carboxylic acids is 1. The number of hydrogen-bond donors (Lipinski definition) is 1. The van der Waals surface area contributed by atoms with Gasteiger partial charge in [0.1, 0.15) is 5.75 Å². The van der Waals surface area contributed by atoms with E-state index in [4.69, 9.17) is 15.2 Å². The smallest absolute Gasteiger partial charge is 0.217 e. The van der Waals surface area contributed by atoms with Gasteiger partial charge in [-0.2, -0.15) is 0 Å². The van der Waals surface area contributed by atoms with Gasteiger partial charge in [-0.3, -0.25) is 9.78 Å². The lowest BCUT2D eigenvalue weighted by atomic mass is 10.0. The number of nitrogens with two attached hydrogens (primary N) is 1. The van der Waals surface area contributed by atoms with Crippen molar-refractivity contribution in [2.45, 2.75) is 46.0 Å². The summed E-state index contributed by atoms with van der Waals surface area (Å²) < 4.78 is 11.4. The Hall–Kier alpha value is -1.62. The third-order valence-corrected chi connectivity index (χ3v) is 2.96. The summed E-state index contributed by atoms with van der Waals surface area (Å²) in [7, 11) is 0.